The van der Waals surface area contributed by atoms with Crippen molar-refractivity contribution in [2.45, 2.75) is 6.92 Å². The van der Waals surface area contributed by atoms with Gasteiger partial charge in [-0.05, 0) is 94.2 Å². The van der Waals surface area contributed by atoms with E-state index in [1.54, 1.807) is 24.3 Å². The van der Waals surface area contributed by atoms with Crippen LogP contribution in [-0.4, -0.2) is 48.3 Å². The molecule has 2 aliphatic heterocycles. The number of amides is 3. The monoisotopic (exact) mass is 692 g/mol. The number of nitrogens with zero attached hydrogens (tertiary/aromatic N) is 1. The first-order chi connectivity index (χ1) is 15.9. The van der Waals surface area contributed by atoms with Crippen LogP contribution in [0.5, 0.6) is 17.2 Å². The molecule has 0 saturated carbocycles. The van der Waals surface area contributed by atoms with Crippen LogP contribution in [-0.2, 0) is 9.59 Å². The lowest BCUT2D eigenvalue weighted by atomic mass is 10.2. The summed E-state index contributed by atoms with van der Waals surface area (Å²) < 4.78 is 18.6. The molecule has 2 heterocycles. The molecule has 2 aromatic carbocycles. The molecule has 0 bridgehead atoms. The number of hydrogen-bond donors (Lipinski definition) is 1. The number of benzene rings is 2. The zero-order valence-electron chi connectivity index (χ0n) is 17.4. The minimum absolute atomic E-state index is 0.242. The van der Waals surface area contributed by atoms with Crippen molar-refractivity contribution in [2.24, 2.45) is 0 Å². The Labute approximate surface area is 221 Å². The molecule has 1 saturated heterocycles. The second-order valence-corrected chi connectivity index (χ2v) is 10.3. The highest BCUT2D eigenvalue weighted by Gasteiger charge is 2.36. The fraction of sp³-hybridized carbons (Fsp3) is 0.227. The molecule has 1 N–H and O–H groups in total. The molecule has 8 nitrogen and oxygen atoms in total. The van der Waals surface area contributed by atoms with Gasteiger partial charge in [-0.3, -0.25) is 19.3 Å². The van der Waals surface area contributed by atoms with Crippen LogP contribution in [0.25, 0.3) is 6.08 Å². The van der Waals surface area contributed by atoms with Gasteiger partial charge in [-0.15, -0.1) is 0 Å². The highest BCUT2D eigenvalue weighted by Crippen LogP contribution is 2.36. The molecule has 0 unspecified atom stereocenters. The van der Waals surface area contributed by atoms with Crippen LogP contribution in [0.15, 0.2) is 35.2 Å². The number of anilines is 1. The van der Waals surface area contributed by atoms with Gasteiger partial charge < -0.3 is 19.5 Å². The van der Waals surface area contributed by atoms with E-state index in [2.05, 4.69) is 50.5 Å². The molecule has 2 aliphatic rings. The van der Waals surface area contributed by atoms with Crippen molar-refractivity contribution in [3.8, 4) is 17.2 Å². The van der Waals surface area contributed by atoms with Gasteiger partial charge in [-0.2, -0.15) is 0 Å². The quantitative estimate of drug-likeness (QED) is 0.346. The molecule has 0 spiro atoms. The summed E-state index contributed by atoms with van der Waals surface area (Å²) in [5.74, 6) is 0.784. The first-order valence-corrected chi connectivity index (χ1v) is 12.9. The molecule has 11 heteroatoms. The maximum absolute atomic E-state index is 12.9. The summed E-state index contributed by atoms with van der Waals surface area (Å²) in [7, 11) is 0. The average Bonchev–Trinajstić information content (AvgIpc) is 3.03. The summed E-state index contributed by atoms with van der Waals surface area (Å²) in [6, 6.07) is 8.88. The normalized spacial score (nSPS) is 16.3. The summed E-state index contributed by atoms with van der Waals surface area (Å²) in [5, 5.41) is 2.20. The molecule has 172 valence electrons. The van der Waals surface area contributed by atoms with Gasteiger partial charge in [0, 0.05) is 20.9 Å². The number of ether oxygens (including phenoxy) is 3. The van der Waals surface area contributed by atoms with Crippen LogP contribution in [0.2, 0.25) is 0 Å². The lowest BCUT2D eigenvalue weighted by Gasteiger charge is -2.19. The molecule has 4 rings (SSSR count). The summed E-state index contributed by atoms with van der Waals surface area (Å²) in [6.07, 6.45) is 1.64. The average molecular weight is 692 g/mol. The van der Waals surface area contributed by atoms with Crippen LogP contribution in [0.3, 0.4) is 0 Å². The zero-order chi connectivity index (χ0) is 23.5. The number of fused-ring (bicyclic) bond motifs is 1. The van der Waals surface area contributed by atoms with Crippen molar-refractivity contribution < 1.29 is 28.6 Å². The Morgan fingerprint density at radius 2 is 1.94 bits per heavy atom. The number of imide groups is 1. The van der Waals surface area contributed by atoms with Crippen LogP contribution in [0.4, 0.5) is 10.5 Å². The predicted octanol–water partition coefficient (Wildman–Crippen LogP) is 4.74. The van der Waals surface area contributed by atoms with Gasteiger partial charge in [0.05, 0.1) is 15.1 Å². The zero-order valence-corrected chi connectivity index (χ0v) is 22.5. The van der Waals surface area contributed by atoms with Gasteiger partial charge in [-0.25, -0.2) is 0 Å². The van der Waals surface area contributed by atoms with Crippen molar-refractivity contribution >= 4 is 85.8 Å². The molecule has 0 aliphatic carbocycles. The number of rotatable bonds is 6. The summed E-state index contributed by atoms with van der Waals surface area (Å²) in [4.78, 5) is 39.1. The van der Waals surface area contributed by atoms with Crippen molar-refractivity contribution in [1.82, 2.24) is 4.90 Å². The van der Waals surface area contributed by atoms with Gasteiger partial charge in [0.25, 0.3) is 11.1 Å². The lowest BCUT2D eigenvalue weighted by molar-refractivity contribution is -0.127. The van der Waals surface area contributed by atoms with Gasteiger partial charge in [0.15, 0.2) is 11.5 Å². The molecule has 0 radical (unpaired) electrons. The van der Waals surface area contributed by atoms with E-state index in [9.17, 15) is 14.4 Å². The number of hydrogen-bond acceptors (Lipinski definition) is 7. The van der Waals surface area contributed by atoms with Gasteiger partial charge in [0.2, 0.25) is 5.91 Å². The lowest BCUT2D eigenvalue weighted by Crippen LogP contribution is -2.36. The van der Waals surface area contributed by atoms with E-state index in [4.69, 9.17) is 14.2 Å². The van der Waals surface area contributed by atoms with Crippen molar-refractivity contribution in [1.29, 1.82) is 0 Å². The number of carbonyl (C=O) groups excluding carboxylic acids is 3. The van der Waals surface area contributed by atoms with E-state index >= 15 is 0 Å². The minimum atomic E-state index is -0.515. The van der Waals surface area contributed by atoms with Gasteiger partial charge in [0.1, 0.15) is 25.5 Å². The Balaban J connectivity index is 1.48. The van der Waals surface area contributed by atoms with Crippen molar-refractivity contribution in [3.05, 3.63) is 47.9 Å². The van der Waals surface area contributed by atoms with Gasteiger partial charge >= 0.3 is 0 Å². The molecular weight excluding hydrogens is 674 g/mol. The topological polar surface area (TPSA) is 94.2 Å². The predicted molar refractivity (Wildman–Crippen MR) is 142 cm³/mol. The van der Waals surface area contributed by atoms with Crippen LogP contribution >= 0.6 is 56.9 Å². The number of thioether (sulfide) groups is 1. The van der Waals surface area contributed by atoms with Crippen LogP contribution < -0.4 is 19.5 Å². The number of nitrogens with one attached hydrogen (secondary N) is 1. The molecular formula is C22H18I2N2O6S. The first-order valence-electron chi connectivity index (χ1n) is 9.92. The van der Waals surface area contributed by atoms with Crippen molar-refractivity contribution in [2.75, 3.05) is 31.7 Å². The SMILES string of the molecule is CCOc1c(I)cc(I)cc1/C=C1/SC(=O)N(CC(=O)Nc2ccc3c(c2)OCCO3)C1=O. The highest BCUT2D eigenvalue weighted by molar-refractivity contribution is 14.1. The van der Waals surface area contributed by atoms with E-state index < -0.39 is 23.6 Å². The molecule has 0 aromatic heterocycles. The van der Waals surface area contributed by atoms with E-state index in [0.29, 0.717) is 48.3 Å². The molecule has 33 heavy (non-hydrogen) atoms. The summed E-state index contributed by atoms with van der Waals surface area (Å²) >= 11 is 5.17. The minimum Gasteiger partial charge on any atom is -0.492 e. The van der Waals surface area contributed by atoms with E-state index in [-0.39, 0.29) is 4.91 Å². The van der Waals surface area contributed by atoms with Crippen molar-refractivity contribution in [3.63, 3.8) is 0 Å². The maximum atomic E-state index is 12.9. The maximum Gasteiger partial charge on any atom is 0.294 e. The molecule has 2 aromatic rings. The molecule has 1 fully saturated rings. The van der Waals surface area contributed by atoms with E-state index in [0.717, 1.165) is 23.8 Å². The summed E-state index contributed by atoms with van der Waals surface area (Å²) in [5.41, 5.74) is 1.20. The fourth-order valence-electron chi connectivity index (χ4n) is 3.23. The molecule has 3 amide bonds. The van der Waals surface area contributed by atoms with Crippen LogP contribution in [0, 0.1) is 7.14 Å². The smallest absolute Gasteiger partial charge is 0.294 e. The van der Waals surface area contributed by atoms with Crippen LogP contribution in [0.1, 0.15) is 12.5 Å². The third kappa shape index (κ3) is 5.57. The summed E-state index contributed by atoms with van der Waals surface area (Å²) in [6.45, 7) is 2.86. The standard InChI is InChI=1S/C22H18I2N2O6S/c1-2-30-20-12(7-13(23)9-15(20)24)8-18-21(28)26(22(29)33-18)11-19(27)25-14-3-4-16-17(10-14)32-6-5-31-16/h3-4,7-10H,2,5-6,11H2,1H3,(H,25,27)/b18-8+. The Bertz CT molecular complexity index is 1170. The number of halogens is 2. The van der Waals surface area contributed by atoms with E-state index in [1.807, 2.05) is 19.1 Å². The largest absolute Gasteiger partial charge is 0.492 e. The fourth-order valence-corrected chi connectivity index (χ4v) is 6.10. The second kappa shape index (κ2) is 10.5. The number of carbonyl (C=O) groups is 3. The highest BCUT2D eigenvalue weighted by atomic mass is 127. The van der Waals surface area contributed by atoms with E-state index in [1.165, 1.54) is 0 Å². The molecule has 0 atom stereocenters. The Morgan fingerprint density at radius 3 is 2.70 bits per heavy atom. The Kier molecular flexibility index (Phi) is 7.69. The Morgan fingerprint density at radius 1 is 1.18 bits per heavy atom. The first kappa shape index (κ1) is 24.1. The van der Waals surface area contributed by atoms with Gasteiger partial charge in [-0.1, -0.05) is 0 Å². The second-order valence-electron chi connectivity index (χ2n) is 6.91. The Hall–Kier alpha value is -2.00. The third-order valence-corrected chi connectivity index (χ3v) is 6.95. The third-order valence-electron chi connectivity index (χ3n) is 4.61.